The van der Waals surface area contributed by atoms with Crippen molar-refractivity contribution in [3.63, 3.8) is 0 Å². The van der Waals surface area contributed by atoms with Gasteiger partial charge in [0.2, 0.25) is 0 Å². The van der Waals surface area contributed by atoms with Crippen molar-refractivity contribution in [3.8, 4) is 0 Å². The number of hydrogen-bond donors (Lipinski definition) is 3. The van der Waals surface area contributed by atoms with E-state index in [2.05, 4.69) is 10.2 Å². The van der Waals surface area contributed by atoms with E-state index in [1.807, 2.05) is 39.8 Å². The Morgan fingerprint density at radius 2 is 1.35 bits per heavy atom. The molecule has 2 aliphatic heterocycles. The molecule has 0 saturated carbocycles. The molecule has 13 heteroatoms. The summed E-state index contributed by atoms with van der Waals surface area (Å²) in [5, 5.41) is 25.0. The zero-order chi connectivity index (χ0) is 37.0. The number of carbonyl (C=O) groups is 2. The quantitative estimate of drug-likeness (QED) is 0.195. The summed E-state index contributed by atoms with van der Waals surface area (Å²) in [6, 6.07) is 13.3. The van der Waals surface area contributed by atoms with E-state index >= 15 is 0 Å². The van der Waals surface area contributed by atoms with E-state index in [1.165, 1.54) is 10.6 Å². The number of likely N-dealkylation sites (tertiary alicyclic amines) is 1. The van der Waals surface area contributed by atoms with E-state index in [1.54, 1.807) is 34.9 Å². The summed E-state index contributed by atoms with van der Waals surface area (Å²) < 4.78 is 8.45. The third kappa shape index (κ3) is 8.67. The van der Waals surface area contributed by atoms with Gasteiger partial charge in [-0.3, -0.25) is 14.4 Å². The van der Waals surface area contributed by atoms with Crippen LogP contribution >= 0.6 is 23.2 Å². The molecule has 0 unspecified atom stereocenters. The molecule has 0 spiro atoms. The second kappa shape index (κ2) is 16.3. The zero-order valence-electron chi connectivity index (χ0n) is 29.5. The summed E-state index contributed by atoms with van der Waals surface area (Å²) >= 11 is 12.4. The normalized spacial score (nSPS) is 16.7. The lowest BCUT2D eigenvalue weighted by atomic mass is 9.91. The number of aromatic carboxylic acids is 1. The zero-order valence-corrected chi connectivity index (χ0v) is 31.0. The maximum atomic E-state index is 13.1. The number of β-amino-alcohol motifs (C(OH)–C–C–N with tert-alkyl or cyclic N) is 1. The number of pyridine rings is 2. The van der Waals surface area contributed by atoms with Gasteiger partial charge in [-0.15, -0.1) is 0 Å². The molecular weight excluding hydrogens is 695 g/mol. The highest BCUT2D eigenvalue weighted by atomic mass is 35.5. The average Bonchev–Trinajstić information content (AvgIpc) is 3.07. The maximum absolute atomic E-state index is 13.1. The number of carboxylic acids is 1. The highest BCUT2D eigenvalue weighted by Gasteiger charge is 2.33. The highest BCUT2D eigenvalue weighted by Crippen LogP contribution is 2.27. The molecule has 2 aromatic heterocycles. The van der Waals surface area contributed by atoms with Gasteiger partial charge in [-0.2, -0.15) is 0 Å². The molecule has 4 aromatic rings. The van der Waals surface area contributed by atoms with E-state index in [0.717, 1.165) is 31.4 Å². The molecule has 6 rings (SSSR count). The minimum absolute atomic E-state index is 0.0962. The minimum atomic E-state index is -1.24. The molecule has 0 atom stereocenters. The van der Waals surface area contributed by atoms with E-state index in [0.29, 0.717) is 71.4 Å². The Kier molecular flexibility index (Phi) is 12.3. The van der Waals surface area contributed by atoms with Crippen LogP contribution in [0, 0.1) is 5.92 Å². The number of aliphatic hydroxyl groups is 1. The van der Waals surface area contributed by atoms with Crippen molar-refractivity contribution < 1.29 is 24.5 Å². The van der Waals surface area contributed by atoms with Crippen LogP contribution in [-0.2, 0) is 4.74 Å². The SMILES string of the molecule is CC(C)n1c(=O)c(C(=O)NCC2CCN(CC3(O)CCOCC3)CC2)cc2c(Cl)cccc21.CC(C)n1c(=O)c(C(=O)O)cc2c(Cl)cccc21. The van der Waals surface area contributed by atoms with Gasteiger partial charge in [-0.05, 0) is 95.9 Å². The van der Waals surface area contributed by atoms with Crippen molar-refractivity contribution in [2.24, 2.45) is 5.92 Å². The van der Waals surface area contributed by atoms with Gasteiger partial charge in [0.1, 0.15) is 11.1 Å². The van der Waals surface area contributed by atoms with Gasteiger partial charge in [0.05, 0.1) is 16.6 Å². The molecule has 2 saturated heterocycles. The fourth-order valence-electron chi connectivity index (χ4n) is 7.00. The van der Waals surface area contributed by atoms with Crippen LogP contribution in [0.3, 0.4) is 0 Å². The van der Waals surface area contributed by atoms with Crippen LogP contribution in [0.5, 0.6) is 0 Å². The third-order valence-electron chi connectivity index (χ3n) is 9.76. The number of nitrogens with zero attached hydrogens (tertiary/aromatic N) is 3. The molecule has 0 aliphatic carbocycles. The molecule has 0 bridgehead atoms. The number of fused-ring (bicyclic) bond motifs is 2. The van der Waals surface area contributed by atoms with Crippen LogP contribution in [0.2, 0.25) is 10.0 Å². The van der Waals surface area contributed by atoms with Crippen molar-refractivity contribution in [3.05, 3.63) is 90.4 Å². The van der Waals surface area contributed by atoms with Crippen LogP contribution in [0.1, 0.15) is 86.2 Å². The molecule has 2 aliphatic rings. The van der Waals surface area contributed by atoms with Crippen molar-refractivity contribution in [2.75, 3.05) is 39.4 Å². The summed E-state index contributed by atoms with van der Waals surface area (Å²) in [7, 11) is 0. The van der Waals surface area contributed by atoms with Gasteiger partial charge in [0, 0.05) is 72.0 Å². The number of carbonyl (C=O) groups excluding carboxylic acids is 1. The molecule has 4 heterocycles. The van der Waals surface area contributed by atoms with Gasteiger partial charge in [-0.25, -0.2) is 4.79 Å². The summed E-state index contributed by atoms with van der Waals surface area (Å²) in [5.74, 6) is -1.24. The van der Waals surface area contributed by atoms with Gasteiger partial charge in [0.15, 0.2) is 0 Å². The minimum Gasteiger partial charge on any atom is -0.477 e. The number of rotatable bonds is 8. The second-order valence-corrected chi connectivity index (χ2v) is 14.9. The monoisotopic (exact) mass is 740 g/mol. The molecule has 1 amide bonds. The van der Waals surface area contributed by atoms with Crippen molar-refractivity contribution >= 4 is 56.9 Å². The van der Waals surface area contributed by atoms with Gasteiger partial charge in [-0.1, -0.05) is 35.3 Å². The van der Waals surface area contributed by atoms with E-state index < -0.39 is 17.1 Å². The Morgan fingerprint density at radius 1 is 0.863 bits per heavy atom. The van der Waals surface area contributed by atoms with Crippen molar-refractivity contribution in [1.82, 2.24) is 19.4 Å². The first kappa shape index (κ1) is 38.5. The Labute approximate surface area is 306 Å². The van der Waals surface area contributed by atoms with Crippen LogP contribution < -0.4 is 16.4 Å². The maximum Gasteiger partial charge on any atom is 0.341 e. The first-order valence-electron chi connectivity index (χ1n) is 17.4. The average molecular weight is 742 g/mol. The van der Waals surface area contributed by atoms with Gasteiger partial charge < -0.3 is 34.3 Å². The second-order valence-electron chi connectivity index (χ2n) is 14.1. The molecule has 11 nitrogen and oxygen atoms in total. The van der Waals surface area contributed by atoms with Crippen molar-refractivity contribution in [1.29, 1.82) is 0 Å². The number of piperidine rings is 1. The molecule has 3 N–H and O–H groups in total. The largest absolute Gasteiger partial charge is 0.477 e. The Bertz CT molecular complexity index is 2030. The number of carboxylic acid groups (broad SMARTS) is 1. The lowest BCUT2D eigenvalue weighted by Crippen LogP contribution is -2.49. The highest BCUT2D eigenvalue weighted by molar-refractivity contribution is 6.36. The molecule has 51 heavy (non-hydrogen) atoms. The molecular formula is C38H46Cl2N4O7. The van der Waals surface area contributed by atoms with Gasteiger partial charge >= 0.3 is 5.97 Å². The number of halogens is 2. The number of amides is 1. The summed E-state index contributed by atoms with van der Waals surface area (Å²) in [6.45, 7) is 11.8. The standard InChI is InChI=1S/C25H34ClN3O4.C13H12ClNO3/c1-17(2)29-22-5-3-4-21(26)19(22)14-20(24(29)31)23(30)27-15-18-6-10-28(11-7-18)16-25(32)8-12-33-13-9-25;1-7(2)15-11-5-3-4-10(14)8(11)6-9(12(15)16)13(17)18/h3-5,14,17-18,32H,6-13,15-16H2,1-2H3,(H,27,30);3-7H,1-2H3,(H,17,18). The van der Waals surface area contributed by atoms with Gasteiger partial charge in [0.25, 0.3) is 17.0 Å². The first-order chi connectivity index (χ1) is 24.2. The topological polar surface area (TPSA) is 143 Å². The third-order valence-corrected chi connectivity index (χ3v) is 10.4. The summed E-state index contributed by atoms with van der Waals surface area (Å²) in [5.41, 5.74) is -0.200. The molecule has 2 fully saturated rings. The predicted molar refractivity (Wildman–Crippen MR) is 201 cm³/mol. The van der Waals surface area contributed by atoms with E-state index in [4.69, 9.17) is 33.0 Å². The van der Waals surface area contributed by atoms with E-state index in [-0.39, 0.29) is 34.7 Å². The summed E-state index contributed by atoms with van der Waals surface area (Å²) in [4.78, 5) is 51.6. The first-order valence-corrected chi connectivity index (χ1v) is 18.2. The number of aromatic nitrogens is 2. The van der Waals surface area contributed by atoms with Crippen LogP contribution in [0.25, 0.3) is 21.8 Å². The Morgan fingerprint density at radius 3 is 1.84 bits per heavy atom. The number of nitrogens with one attached hydrogen (secondary N) is 1. The Balaban J connectivity index is 0.000000236. The van der Waals surface area contributed by atoms with Crippen LogP contribution in [0.15, 0.2) is 58.1 Å². The predicted octanol–water partition coefficient (Wildman–Crippen LogP) is 6.15. The smallest absolute Gasteiger partial charge is 0.341 e. The number of hydrogen-bond acceptors (Lipinski definition) is 7. The molecule has 274 valence electrons. The van der Waals surface area contributed by atoms with Crippen LogP contribution in [-0.4, -0.2) is 81.1 Å². The molecule has 0 radical (unpaired) electrons. The molecule has 2 aromatic carbocycles. The van der Waals surface area contributed by atoms with E-state index in [9.17, 15) is 24.3 Å². The van der Waals surface area contributed by atoms with Crippen molar-refractivity contribution in [2.45, 2.75) is 71.1 Å². The summed E-state index contributed by atoms with van der Waals surface area (Å²) in [6.07, 6.45) is 3.28. The Hall–Kier alpha value is -3.74. The lowest BCUT2D eigenvalue weighted by Gasteiger charge is -2.39. The fraction of sp³-hybridized carbons (Fsp3) is 0.474. The lowest BCUT2D eigenvalue weighted by molar-refractivity contribution is -0.0829. The number of ether oxygens (including phenoxy) is 1. The fourth-order valence-corrected chi connectivity index (χ4v) is 7.44. The number of benzene rings is 2. The van der Waals surface area contributed by atoms with Crippen LogP contribution in [0.4, 0.5) is 0 Å².